The molecule has 2 aliphatic carbocycles. The molecule has 0 nitrogen and oxygen atoms in total. The van der Waals surface area contributed by atoms with Crippen molar-refractivity contribution in [3.05, 3.63) is 46.6 Å². The Morgan fingerprint density at radius 3 is 1.10 bits per heavy atom. The second-order valence-electron chi connectivity index (χ2n) is 7.79. The third kappa shape index (κ3) is 6.13. The molecule has 0 saturated carbocycles. The van der Waals surface area contributed by atoms with Gasteiger partial charge in [0.1, 0.15) is 0 Å². The SMILES string of the molecule is CC1=CC[C-]=C1C(C)(C)C.CC1=CC[C-]=C1C(C)(C)C.[Ti+2]. The molecule has 0 unspecified atom stereocenters. The Labute approximate surface area is 147 Å². The van der Waals surface area contributed by atoms with Gasteiger partial charge in [-0.25, -0.2) is 22.3 Å². The summed E-state index contributed by atoms with van der Waals surface area (Å²) in [4.78, 5) is 0. The van der Waals surface area contributed by atoms with Crippen molar-refractivity contribution in [1.29, 1.82) is 0 Å². The van der Waals surface area contributed by atoms with E-state index in [2.05, 4.69) is 79.7 Å². The normalized spacial score (nSPS) is 17.9. The van der Waals surface area contributed by atoms with Gasteiger partial charge in [-0.2, -0.15) is 12.2 Å². The molecular weight excluding hydrogens is 288 g/mol. The second-order valence-corrected chi connectivity index (χ2v) is 7.79. The number of hydrogen-bond acceptors (Lipinski definition) is 0. The van der Waals surface area contributed by atoms with Crippen molar-refractivity contribution in [2.75, 3.05) is 0 Å². The van der Waals surface area contributed by atoms with E-state index in [1.807, 2.05) is 0 Å². The molecular formula is C20H30Ti. The van der Waals surface area contributed by atoms with E-state index in [1.54, 1.807) is 0 Å². The first-order valence-electron chi connectivity index (χ1n) is 7.60. The van der Waals surface area contributed by atoms with Gasteiger partial charge in [0.15, 0.2) is 0 Å². The Morgan fingerprint density at radius 1 is 0.714 bits per heavy atom. The van der Waals surface area contributed by atoms with Crippen LogP contribution in [0.4, 0.5) is 0 Å². The van der Waals surface area contributed by atoms with Gasteiger partial charge in [0.05, 0.1) is 0 Å². The molecule has 0 spiro atoms. The largest absolute Gasteiger partial charge is 2.00 e. The smallest absolute Gasteiger partial charge is 0.269 e. The molecule has 0 aromatic rings. The standard InChI is InChI=1S/2C10H15.Ti/c2*1-8-6-5-7-9(8)10(2,3)4;/h2*6H,5H2,1-4H3;/q2*-1;+2. The molecule has 114 valence electrons. The van der Waals surface area contributed by atoms with Crippen molar-refractivity contribution in [1.82, 2.24) is 0 Å². The van der Waals surface area contributed by atoms with Gasteiger partial charge in [-0.05, 0) is 10.8 Å². The molecule has 0 N–H and O–H groups in total. The molecule has 0 amide bonds. The van der Waals surface area contributed by atoms with Gasteiger partial charge in [0, 0.05) is 0 Å². The molecule has 0 fully saturated rings. The van der Waals surface area contributed by atoms with Gasteiger partial charge in [-0.15, -0.1) is 26.7 Å². The zero-order valence-corrected chi connectivity index (χ0v) is 16.6. The van der Waals surface area contributed by atoms with Crippen LogP contribution in [0.15, 0.2) is 34.4 Å². The van der Waals surface area contributed by atoms with Crippen LogP contribution in [-0.2, 0) is 21.7 Å². The molecule has 2 rings (SSSR count). The molecule has 1 heteroatoms. The van der Waals surface area contributed by atoms with Crippen molar-refractivity contribution in [2.24, 2.45) is 10.8 Å². The summed E-state index contributed by atoms with van der Waals surface area (Å²) in [6.07, 6.45) is 13.2. The average molecular weight is 318 g/mol. The summed E-state index contributed by atoms with van der Waals surface area (Å²) in [5.41, 5.74) is 6.19. The van der Waals surface area contributed by atoms with Crippen LogP contribution in [0.1, 0.15) is 68.2 Å². The van der Waals surface area contributed by atoms with E-state index in [-0.39, 0.29) is 32.5 Å². The summed E-state index contributed by atoms with van der Waals surface area (Å²) >= 11 is 0. The summed E-state index contributed by atoms with van der Waals surface area (Å²) in [6.45, 7) is 17.7. The fraction of sp³-hybridized carbons (Fsp3) is 0.600. The van der Waals surface area contributed by atoms with Crippen LogP contribution in [0.25, 0.3) is 0 Å². The minimum atomic E-state index is 0. The van der Waals surface area contributed by atoms with E-state index in [9.17, 15) is 0 Å². The van der Waals surface area contributed by atoms with Crippen LogP contribution in [0.3, 0.4) is 0 Å². The van der Waals surface area contributed by atoms with Crippen molar-refractivity contribution >= 4 is 0 Å². The fourth-order valence-corrected chi connectivity index (χ4v) is 2.81. The third-order valence-corrected chi connectivity index (χ3v) is 3.66. The Kier molecular flexibility index (Phi) is 7.67. The zero-order chi connectivity index (χ0) is 15.6. The predicted molar refractivity (Wildman–Crippen MR) is 89.2 cm³/mol. The van der Waals surface area contributed by atoms with Crippen molar-refractivity contribution in [3.8, 4) is 0 Å². The maximum absolute atomic E-state index is 3.37. The zero-order valence-electron chi connectivity index (χ0n) is 15.1. The van der Waals surface area contributed by atoms with E-state index in [4.69, 9.17) is 0 Å². The fourth-order valence-electron chi connectivity index (χ4n) is 2.81. The van der Waals surface area contributed by atoms with Gasteiger partial charge >= 0.3 is 21.7 Å². The van der Waals surface area contributed by atoms with Crippen LogP contribution < -0.4 is 0 Å². The van der Waals surface area contributed by atoms with E-state index in [0.29, 0.717) is 0 Å². The van der Waals surface area contributed by atoms with E-state index in [0.717, 1.165) is 12.8 Å². The molecule has 21 heavy (non-hydrogen) atoms. The van der Waals surface area contributed by atoms with Gasteiger partial charge < -0.3 is 0 Å². The van der Waals surface area contributed by atoms with Crippen LogP contribution in [0.2, 0.25) is 0 Å². The van der Waals surface area contributed by atoms with Crippen LogP contribution >= 0.6 is 0 Å². The monoisotopic (exact) mass is 318 g/mol. The summed E-state index contributed by atoms with van der Waals surface area (Å²) in [7, 11) is 0. The Hall–Kier alpha value is -0.326. The maximum Gasteiger partial charge on any atom is 2.00 e. The minimum absolute atomic E-state index is 0. The summed E-state index contributed by atoms with van der Waals surface area (Å²) < 4.78 is 0. The summed E-state index contributed by atoms with van der Waals surface area (Å²) in [5, 5.41) is 0. The summed E-state index contributed by atoms with van der Waals surface area (Å²) in [6, 6.07) is 0. The van der Waals surface area contributed by atoms with E-state index in [1.165, 1.54) is 22.3 Å². The molecule has 0 atom stereocenters. The van der Waals surface area contributed by atoms with Gasteiger partial charge in [0.25, 0.3) is 0 Å². The van der Waals surface area contributed by atoms with Gasteiger partial charge in [-0.1, -0.05) is 41.5 Å². The van der Waals surface area contributed by atoms with Crippen molar-refractivity contribution in [3.63, 3.8) is 0 Å². The van der Waals surface area contributed by atoms with Gasteiger partial charge in [-0.3, -0.25) is 12.2 Å². The molecule has 0 aliphatic heterocycles. The average Bonchev–Trinajstić information content (AvgIpc) is 2.85. The van der Waals surface area contributed by atoms with Crippen molar-refractivity contribution < 1.29 is 21.7 Å². The topological polar surface area (TPSA) is 0 Å². The molecule has 0 bridgehead atoms. The molecule has 0 aromatic carbocycles. The van der Waals surface area contributed by atoms with Crippen LogP contribution in [0, 0.1) is 23.0 Å². The van der Waals surface area contributed by atoms with Gasteiger partial charge in [0.2, 0.25) is 0 Å². The third-order valence-electron chi connectivity index (χ3n) is 3.66. The molecule has 0 aromatic heterocycles. The second kappa shape index (κ2) is 7.79. The van der Waals surface area contributed by atoms with E-state index >= 15 is 0 Å². The molecule has 0 saturated heterocycles. The molecule has 0 heterocycles. The van der Waals surface area contributed by atoms with E-state index < -0.39 is 0 Å². The number of allylic oxidation sites excluding steroid dienone is 8. The Bertz CT molecular complexity index is 425. The molecule has 2 aliphatic rings. The Morgan fingerprint density at radius 2 is 1.00 bits per heavy atom. The van der Waals surface area contributed by atoms with Crippen LogP contribution in [0.5, 0.6) is 0 Å². The maximum atomic E-state index is 3.37. The number of hydrogen-bond donors (Lipinski definition) is 0. The summed E-state index contributed by atoms with van der Waals surface area (Å²) in [5.74, 6) is 0. The number of rotatable bonds is 0. The quantitative estimate of drug-likeness (QED) is 0.367. The first-order valence-corrected chi connectivity index (χ1v) is 7.60. The predicted octanol–water partition coefficient (Wildman–Crippen LogP) is 6.22. The van der Waals surface area contributed by atoms with Crippen LogP contribution in [-0.4, -0.2) is 0 Å². The first kappa shape index (κ1) is 20.7. The molecule has 0 radical (unpaired) electrons. The Balaban J connectivity index is 0.000000364. The van der Waals surface area contributed by atoms with Crippen molar-refractivity contribution in [2.45, 2.75) is 68.2 Å². The minimum Gasteiger partial charge on any atom is -0.269 e. The first-order chi connectivity index (χ1) is 9.03.